The van der Waals surface area contributed by atoms with Crippen LogP contribution in [0.4, 0.5) is 0 Å². The molecule has 6 N–H and O–H groups in total. The molecule has 0 aromatic carbocycles. The summed E-state index contributed by atoms with van der Waals surface area (Å²) in [5, 5.41) is 49.4. The molecule has 11 nitrogen and oxygen atoms in total. The van der Waals surface area contributed by atoms with Crippen molar-refractivity contribution >= 4 is 67.6 Å². The van der Waals surface area contributed by atoms with Gasteiger partial charge in [0.2, 0.25) is 0 Å². The monoisotopic (exact) mass is 350 g/mol. The number of aliphatic hydroxyl groups is 1. The van der Waals surface area contributed by atoms with Gasteiger partial charge in [0.25, 0.3) is 0 Å². The van der Waals surface area contributed by atoms with E-state index in [1.54, 1.807) is 0 Å². The molecule has 0 spiro atoms. The first-order valence-corrected chi connectivity index (χ1v) is 4.94. The summed E-state index contributed by atoms with van der Waals surface area (Å²) in [6.45, 7) is 0. The van der Waals surface area contributed by atoms with Gasteiger partial charge < -0.3 is 33.5 Å². The normalized spacial score (nSPS) is 9.86. The van der Waals surface area contributed by atoms with Crippen LogP contribution in [0.2, 0.25) is 0 Å². The van der Waals surface area contributed by atoms with E-state index in [2.05, 4.69) is 0 Å². The van der Waals surface area contributed by atoms with E-state index in [1.165, 1.54) is 0 Å². The zero-order chi connectivity index (χ0) is 17.2. The molecule has 12 heteroatoms. The molecule has 0 fully saturated rings. The Morgan fingerprint density at radius 2 is 1.05 bits per heavy atom. The summed E-state index contributed by atoms with van der Waals surface area (Å²) in [6.07, 6.45) is -1.17. The van der Waals surface area contributed by atoms with Crippen LogP contribution >= 0.6 is 0 Å². The minimum absolute atomic E-state index is 0. The summed E-state index contributed by atoms with van der Waals surface area (Å²) in [7, 11) is 0. The number of aliphatic carboxylic acids is 5. The van der Waals surface area contributed by atoms with E-state index in [-0.39, 0.29) is 40.6 Å². The molecule has 0 saturated heterocycles. The number of carboxylic acid groups (broad SMARTS) is 5. The third kappa shape index (κ3) is 14.7. The van der Waals surface area contributed by atoms with Gasteiger partial charge in [-0.1, -0.05) is 0 Å². The summed E-state index contributed by atoms with van der Waals surface area (Å²) in [5.74, 6) is -7.53. The predicted octanol–water partition coefficient (Wildman–Crippen LogP) is -1.69. The predicted molar refractivity (Wildman–Crippen MR) is 69.5 cm³/mol. The minimum Gasteiger partial charge on any atom is -1.00 e. The molecule has 0 atom stereocenters. The molecule has 0 heterocycles. The number of carboxylic acids is 5. The average Bonchev–Trinajstić information content (AvgIpc) is 2.24. The molecule has 22 heavy (non-hydrogen) atoms. The molecule has 0 aliphatic rings. The molecular weight excluding hydrogens is 336 g/mol. The molecule has 0 bridgehead atoms. The van der Waals surface area contributed by atoms with Crippen LogP contribution in [0.5, 0.6) is 0 Å². The Bertz CT molecular complexity index is 445. The quantitative estimate of drug-likeness (QED) is 0.225. The van der Waals surface area contributed by atoms with Gasteiger partial charge in [0.05, 0.1) is 12.8 Å². The van der Waals surface area contributed by atoms with Crippen molar-refractivity contribution < 1.29 is 57.5 Å². The Balaban J connectivity index is -0.0000000968. The molecule has 0 aromatic heterocycles. The van der Waals surface area contributed by atoms with Gasteiger partial charge in [0.1, 0.15) is 0 Å². The van der Waals surface area contributed by atoms with Gasteiger partial charge in [-0.2, -0.15) is 0 Å². The molecule has 0 aliphatic heterocycles. The maximum atomic E-state index is 10.3. The van der Waals surface area contributed by atoms with E-state index < -0.39 is 48.3 Å². The first-order chi connectivity index (χ1) is 9.40. The van der Waals surface area contributed by atoms with Gasteiger partial charge >= 0.3 is 67.6 Å². The van der Waals surface area contributed by atoms with Crippen LogP contribution in [0.3, 0.4) is 0 Å². The van der Waals surface area contributed by atoms with E-state index in [1.807, 2.05) is 0 Å². The average molecular weight is 350 g/mol. The van der Waals surface area contributed by atoms with Crippen LogP contribution in [0, 0.1) is 0 Å². The van der Waals surface area contributed by atoms with Crippen LogP contribution in [-0.4, -0.2) is 104 Å². The molecule has 0 radical (unpaired) electrons. The second-order valence-electron chi connectivity index (χ2n) is 3.49. The van der Waals surface area contributed by atoms with Crippen LogP contribution in [0.1, 0.15) is 15.7 Å². The fourth-order valence-corrected chi connectivity index (χ4v) is 0.857. The van der Waals surface area contributed by atoms with Gasteiger partial charge in [0, 0.05) is 12.2 Å². The van der Waals surface area contributed by atoms with Crippen molar-refractivity contribution in [2.75, 3.05) is 0 Å². The van der Waals surface area contributed by atoms with E-state index in [9.17, 15) is 24.0 Å². The summed E-state index contributed by atoms with van der Waals surface area (Å²) >= 11 is 0. The first kappa shape index (κ1) is 25.3. The SMILES string of the molecule is O=C(O)/C=C/C(=O)O.O=C(O)CC(O)(CC(=O)O)C(=O)O.[Ca+2].[H-].[H-]. The van der Waals surface area contributed by atoms with Crippen molar-refractivity contribution in [1.29, 1.82) is 0 Å². The molecule has 0 saturated carbocycles. The molecule has 0 aliphatic carbocycles. The fraction of sp³-hybridized carbons (Fsp3) is 0.300. The van der Waals surface area contributed by atoms with Crippen molar-refractivity contribution in [1.82, 2.24) is 0 Å². The number of hydrogen-bond donors (Lipinski definition) is 6. The van der Waals surface area contributed by atoms with E-state index in [0.717, 1.165) is 0 Å². The Morgan fingerprint density at radius 1 is 0.773 bits per heavy atom. The zero-order valence-corrected chi connectivity index (χ0v) is 13.2. The third-order valence-corrected chi connectivity index (χ3v) is 1.65. The van der Waals surface area contributed by atoms with E-state index in [4.69, 9.17) is 30.6 Å². The zero-order valence-electron chi connectivity index (χ0n) is 13.0. The fourth-order valence-electron chi connectivity index (χ4n) is 0.857. The summed E-state index contributed by atoms with van der Waals surface area (Å²) in [4.78, 5) is 49.6. The molecular formula is C10H14CaO11. The van der Waals surface area contributed by atoms with Crippen molar-refractivity contribution in [3.8, 4) is 0 Å². The maximum Gasteiger partial charge on any atom is 2.00 e. The summed E-state index contributed by atoms with van der Waals surface area (Å²) in [6, 6.07) is 0. The minimum atomic E-state index is -2.74. The molecule has 0 rings (SSSR count). The Labute approximate surface area is 155 Å². The van der Waals surface area contributed by atoms with Gasteiger partial charge in [-0.05, 0) is 0 Å². The second-order valence-corrected chi connectivity index (χ2v) is 3.49. The Hall–Kier alpha value is -1.69. The summed E-state index contributed by atoms with van der Waals surface area (Å²) < 4.78 is 0. The van der Waals surface area contributed by atoms with Crippen LogP contribution < -0.4 is 0 Å². The maximum absolute atomic E-state index is 10.3. The van der Waals surface area contributed by atoms with Gasteiger partial charge in [-0.25, -0.2) is 14.4 Å². The van der Waals surface area contributed by atoms with E-state index >= 15 is 0 Å². The van der Waals surface area contributed by atoms with Crippen LogP contribution in [0.15, 0.2) is 12.2 Å². The van der Waals surface area contributed by atoms with Crippen molar-refractivity contribution in [3.05, 3.63) is 12.2 Å². The number of rotatable bonds is 7. The Morgan fingerprint density at radius 3 is 1.18 bits per heavy atom. The van der Waals surface area contributed by atoms with Crippen molar-refractivity contribution in [3.63, 3.8) is 0 Å². The molecule has 0 unspecified atom stereocenters. The largest absolute Gasteiger partial charge is 2.00 e. The first-order valence-electron chi connectivity index (χ1n) is 4.94. The van der Waals surface area contributed by atoms with Gasteiger partial charge in [-0.15, -0.1) is 0 Å². The van der Waals surface area contributed by atoms with E-state index in [0.29, 0.717) is 12.2 Å². The van der Waals surface area contributed by atoms with Crippen LogP contribution in [0.25, 0.3) is 0 Å². The standard InChI is InChI=1S/C6H8O7.C4H4O4.Ca.2H/c7-3(8)1-6(13,5(11)12)2-4(9)10;5-3(6)1-2-4(7)8;;;/h13H,1-2H2,(H,7,8)(H,9,10)(H,11,12);1-2H,(H,5,6)(H,7,8);;;/q;;+2;2*-1/b;2-1+;;;. The molecule has 0 aromatic rings. The molecule has 0 amide bonds. The Kier molecular flexibility index (Phi) is 13.7. The summed E-state index contributed by atoms with van der Waals surface area (Å²) in [5.41, 5.74) is -2.74. The van der Waals surface area contributed by atoms with Gasteiger partial charge in [0.15, 0.2) is 5.60 Å². The smallest absolute Gasteiger partial charge is 1.00 e. The topological polar surface area (TPSA) is 207 Å². The molecule has 122 valence electrons. The van der Waals surface area contributed by atoms with Crippen molar-refractivity contribution in [2.45, 2.75) is 18.4 Å². The van der Waals surface area contributed by atoms with Gasteiger partial charge in [-0.3, -0.25) is 9.59 Å². The second kappa shape index (κ2) is 11.9. The van der Waals surface area contributed by atoms with Crippen molar-refractivity contribution in [2.24, 2.45) is 0 Å². The third-order valence-electron chi connectivity index (χ3n) is 1.65. The number of carbonyl (C=O) groups is 5. The van der Waals surface area contributed by atoms with Crippen LogP contribution in [-0.2, 0) is 24.0 Å². The number of hydrogen-bond acceptors (Lipinski definition) is 6.